The molecule has 8 aromatic carbocycles. The number of aldehydes is 1. The Morgan fingerprint density at radius 3 is 0.912 bits per heavy atom. The normalized spacial score (nSPS) is 12.4. The highest BCUT2D eigenvalue weighted by Crippen LogP contribution is 2.40. The Morgan fingerprint density at radius 1 is 0.395 bits per heavy atom. The van der Waals surface area contributed by atoms with Gasteiger partial charge >= 0.3 is 17.9 Å². The molecule has 22 heteroatoms. The first-order valence-corrected chi connectivity index (χ1v) is 39.2. The lowest BCUT2D eigenvalue weighted by molar-refractivity contribution is -0.138. The molecule has 0 aliphatic carbocycles. The zero-order valence-electron chi connectivity index (χ0n) is 69.1. The number of nitrogens with two attached hydrogens (primary N) is 1. The van der Waals surface area contributed by atoms with E-state index in [1.54, 1.807) is 36.4 Å². The van der Waals surface area contributed by atoms with Crippen molar-refractivity contribution >= 4 is 52.4 Å². The number of carboxylic acids is 3. The van der Waals surface area contributed by atoms with Gasteiger partial charge < -0.3 is 53.1 Å². The quantitative estimate of drug-likeness (QED) is 0.00440. The Morgan fingerprint density at radius 2 is 0.649 bits per heavy atom. The number of hydrogen-bond acceptors (Lipinski definition) is 16. The molecule has 6 unspecified atom stereocenters. The summed E-state index contributed by atoms with van der Waals surface area (Å²) in [5.41, 5.74) is 13.9. The van der Waals surface area contributed by atoms with Crippen LogP contribution in [0.3, 0.4) is 0 Å². The molecule has 0 saturated heterocycles. The van der Waals surface area contributed by atoms with E-state index in [1.807, 2.05) is 124 Å². The van der Waals surface area contributed by atoms with Gasteiger partial charge in [-0.15, -0.1) is 0 Å². The summed E-state index contributed by atoms with van der Waals surface area (Å²) in [7, 11) is 6.33. The predicted octanol–water partition coefficient (Wildman–Crippen LogP) is 17.9. The number of nitrogens with one attached hydrogen (secondary N) is 1. The topological polar surface area (TPSA) is 356 Å². The fourth-order valence-corrected chi connectivity index (χ4v) is 14.6. The van der Waals surface area contributed by atoms with Crippen molar-refractivity contribution in [3.8, 4) is 23.0 Å². The van der Waals surface area contributed by atoms with E-state index in [4.69, 9.17) is 21.4 Å². The minimum absolute atomic E-state index is 0. The number of rotatable bonds is 35. The van der Waals surface area contributed by atoms with Crippen molar-refractivity contribution in [3.63, 3.8) is 0 Å². The molecular formula is C92H133BN7O13P. The second-order valence-corrected chi connectivity index (χ2v) is 30.1. The molecule has 0 aliphatic rings. The Labute approximate surface area is 684 Å². The van der Waals surface area contributed by atoms with Gasteiger partial charge in [-0.2, -0.15) is 9.12 Å². The van der Waals surface area contributed by atoms with Crippen LogP contribution < -0.4 is 11.9 Å². The van der Waals surface area contributed by atoms with Crippen molar-refractivity contribution in [1.29, 1.82) is 5.41 Å². The molecule has 0 heterocycles. The van der Waals surface area contributed by atoms with Gasteiger partial charge in [0, 0.05) is 112 Å². The van der Waals surface area contributed by atoms with E-state index in [0.29, 0.717) is 81.7 Å². The molecule has 114 heavy (non-hydrogen) atoms. The Hall–Kier alpha value is -9.41. The molecule has 15 N–H and O–H groups in total. The highest BCUT2D eigenvalue weighted by molar-refractivity contribution is 7.49. The molecule has 0 spiro atoms. The average Bonchev–Trinajstić information content (AvgIpc) is 0.826. The standard InChI is InChI=1S/C23H32N2O3.C23H30N2O3.C23H29NO4.C22H29NO2.CH4.BH2P.H3N.H2O.H2/c2*1-15(2)25(16(3)4)13-12-19(17-8-6-5-7-9-17)20-14-18(10-11-21(20)26)22(24)23(27)28;1-15(2)24(16(3)4)13-12-19(17-8-6-5-7-9-17)20-14-18(10-11-21(20)25)22(26)23(27)28;1-16(2)23(17(3)4)13-12-20(19-8-6-5-7-9-19)21-14-18(15-24)10-11-22(21)25;;1-2;;;/h5-11,14-16,19,22,26H,12-13,24H2,1-4H3,(H,27,28);5-11,14-16,19,24,26H,12-13H2,1-4H3,(H,27,28);5-11,14-16,19,25H,12-13H2,1-4H3,(H,27,28);5-11,14-17,20,25H,12-13H2,1-4H3;1H4;2H2;1H3;1H2;1H/i;;;;;;;;1+1. The number of aliphatic carboxylic acids is 3. The number of phenolic OH excluding ortho intramolecular Hbond substituents is 4. The minimum atomic E-state index is -1.50. The molecule has 0 aromatic heterocycles. The predicted molar refractivity (Wildman–Crippen MR) is 471 cm³/mol. The second kappa shape index (κ2) is 51.4. The van der Waals surface area contributed by atoms with E-state index < -0.39 is 35.4 Å². The fourth-order valence-electron chi connectivity index (χ4n) is 14.6. The molecule has 622 valence electrons. The van der Waals surface area contributed by atoms with E-state index >= 15 is 0 Å². The van der Waals surface area contributed by atoms with Crippen LogP contribution in [-0.4, -0.2) is 179 Å². The van der Waals surface area contributed by atoms with Crippen LogP contribution in [0, 0.1) is 5.41 Å². The van der Waals surface area contributed by atoms with Gasteiger partial charge in [-0.25, -0.2) is 9.59 Å². The third-order valence-corrected chi connectivity index (χ3v) is 20.2. The number of Topliss-reactive ketones (excluding diaryl/α,β-unsaturated/α-hetero) is 1. The van der Waals surface area contributed by atoms with Gasteiger partial charge in [0.05, 0.1) is 7.57 Å². The van der Waals surface area contributed by atoms with E-state index in [2.05, 4.69) is 150 Å². The van der Waals surface area contributed by atoms with Crippen molar-refractivity contribution in [1.82, 2.24) is 25.8 Å². The van der Waals surface area contributed by atoms with Crippen molar-refractivity contribution in [2.24, 2.45) is 5.73 Å². The molecule has 0 saturated carbocycles. The van der Waals surface area contributed by atoms with Gasteiger partial charge in [0.15, 0.2) is 0 Å². The zero-order chi connectivity index (χ0) is 82.9. The van der Waals surface area contributed by atoms with Gasteiger partial charge in [-0.1, -0.05) is 135 Å². The first-order chi connectivity index (χ1) is 52.6. The van der Waals surface area contributed by atoms with Crippen LogP contribution in [0.1, 0.15) is 251 Å². The summed E-state index contributed by atoms with van der Waals surface area (Å²) in [6.45, 7) is 38.3. The summed E-state index contributed by atoms with van der Waals surface area (Å²) in [4.78, 5) is 66.3. The Kier molecular flexibility index (Phi) is 46.3. The second-order valence-electron chi connectivity index (χ2n) is 30.1. The number of aromatic hydroxyl groups is 4. The minimum Gasteiger partial charge on any atom is -0.508 e. The first-order valence-electron chi connectivity index (χ1n) is 38.5. The van der Waals surface area contributed by atoms with E-state index in [9.17, 15) is 49.5 Å². The van der Waals surface area contributed by atoms with Gasteiger partial charge in [-0.3, -0.25) is 39.4 Å². The molecule has 8 aromatic rings. The summed E-state index contributed by atoms with van der Waals surface area (Å²) >= 11 is 0. The molecule has 0 bridgehead atoms. The average molecular weight is 1590 g/mol. The maximum Gasteiger partial charge on any atom is 0.377 e. The molecule has 6 atom stereocenters. The van der Waals surface area contributed by atoms with Crippen LogP contribution in [0.15, 0.2) is 194 Å². The Balaban J connectivity index is 0.00000148. The highest BCUT2D eigenvalue weighted by Gasteiger charge is 2.29. The van der Waals surface area contributed by atoms with Crippen LogP contribution in [-0.2, 0) is 14.4 Å². The van der Waals surface area contributed by atoms with Crippen LogP contribution in [0.25, 0.3) is 0 Å². The summed E-state index contributed by atoms with van der Waals surface area (Å²) in [5.74, 6) is -4.48. The number of carboxylic acid groups (broad SMARTS) is 3. The maximum atomic E-state index is 11.9. The van der Waals surface area contributed by atoms with Gasteiger partial charge in [-0.05, 0) is 257 Å². The molecule has 20 nitrogen and oxygen atoms in total. The summed E-state index contributed by atoms with van der Waals surface area (Å²) in [6.07, 6.45) is 4.03. The highest BCUT2D eigenvalue weighted by atomic mass is 31.0. The summed E-state index contributed by atoms with van der Waals surface area (Å²) < 4.78 is 0. The molecule has 8 rings (SSSR count). The smallest absolute Gasteiger partial charge is 0.377 e. The van der Waals surface area contributed by atoms with Gasteiger partial charge in [0.2, 0.25) is 0 Å². The lowest BCUT2D eigenvalue weighted by Crippen LogP contribution is -2.38. The number of carbonyl (C=O) groups excluding carboxylic acids is 2. The summed E-state index contributed by atoms with van der Waals surface area (Å²) in [6, 6.07) is 61.0. The number of carbonyl (C=O) groups is 5. The molecule has 2 radical (unpaired) electrons. The van der Waals surface area contributed by atoms with Gasteiger partial charge in [0.1, 0.15) is 41.0 Å². The molecule has 0 fully saturated rings. The van der Waals surface area contributed by atoms with Crippen LogP contribution >= 0.6 is 9.12 Å². The van der Waals surface area contributed by atoms with Crippen LogP contribution in [0.5, 0.6) is 23.0 Å². The van der Waals surface area contributed by atoms with Crippen LogP contribution in [0.2, 0.25) is 0 Å². The molecule has 0 aliphatic heterocycles. The SMILES string of the molecule is C.CC(C)N(CCC(c1ccccc1)c1cc(C(=N)C(=O)O)ccc1O)C(C)C.CC(C)N(CCC(c1ccccc1)c1cc(C(=O)C(=O)O)ccc1O)C(C)C.CC(C)N(CCC(c1ccccc1)c1cc(C(N)C(=O)O)ccc1O)C(C)C.CC(C)N(CCC(c1ccccc1)c1cc(C=O)ccc1O)C(C)C.N.O.[2HH].[B]P. The first kappa shape index (κ1) is 103. The van der Waals surface area contributed by atoms with Crippen molar-refractivity contribution in [2.75, 3.05) is 26.2 Å². The number of phenols is 4. The van der Waals surface area contributed by atoms with E-state index in [0.717, 1.165) is 86.0 Å². The summed E-state index contributed by atoms with van der Waals surface area (Å²) in [5, 5.41) is 77.3. The number of benzene rings is 8. The Bertz CT molecular complexity index is 4010. The number of ketones is 1. The molecular weight excluding hydrogens is 1450 g/mol. The lowest BCUT2D eigenvalue weighted by Gasteiger charge is -2.32. The fraction of sp³-hybridized carbons (Fsp3) is 0.413. The van der Waals surface area contributed by atoms with Gasteiger partial charge in [0.25, 0.3) is 5.78 Å². The molecule has 0 amide bonds. The number of nitrogens with zero attached hydrogens (tertiary/aromatic N) is 4. The number of hydrogen-bond donors (Lipinski definition) is 10. The van der Waals surface area contributed by atoms with E-state index in [-0.39, 0.29) is 72.7 Å². The lowest BCUT2D eigenvalue weighted by atomic mass is 9.86. The van der Waals surface area contributed by atoms with E-state index in [1.165, 1.54) is 30.3 Å². The largest absolute Gasteiger partial charge is 0.508 e. The van der Waals surface area contributed by atoms with Crippen LogP contribution in [0.4, 0.5) is 0 Å². The van der Waals surface area contributed by atoms with Crippen molar-refractivity contribution in [3.05, 3.63) is 261 Å². The zero-order valence-corrected chi connectivity index (χ0v) is 70.3. The monoisotopic (exact) mass is 1590 g/mol. The maximum absolute atomic E-state index is 11.9. The third-order valence-electron chi connectivity index (χ3n) is 20.2. The van der Waals surface area contributed by atoms with Crippen molar-refractivity contribution in [2.45, 2.75) is 222 Å². The van der Waals surface area contributed by atoms with Crippen molar-refractivity contribution < 1.29 is 66.6 Å². The third kappa shape index (κ3) is 31.1.